The van der Waals surface area contributed by atoms with E-state index in [4.69, 9.17) is 15.5 Å². The molecule has 0 bridgehead atoms. The van der Waals surface area contributed by atoms with Gasteiger partial charge in [-0.2, -0.15) is 5.10 Å². The molecular weight excluding hydrogens is 440 g/mol. The van der Waals surface area contributed by atoms with Gasteiger partial charge in [-0.3, -0.25) is 9.36 Å². The molecule has 4 aromatic rings. The Balaban J connectivity index is 1.35. The first-order valence-corrected chi connectivity index (χ1v) is 12.2. The Bertz CT molecular complexity index is 1540. The zero-order valence-corrected chi connectivity index (χ0v) is 19.8. The Labute approximate surface area is 203 Å². The zero-order chi connectivity index (χ0) is 23.9. The van der Waals surface area contributed by atoms with Crippen molar-refractivity contribution >= 4 is 27.8 Å². The average molecular weight is 469 g/mol. The maximum Gasteiger partial charge on any atom is 0.293 e. The number of fused-ring (bicyclic) bond motifs is 4. The monoisotopic (exact) mass is 468 g/mol. The summed E-state index contributed by atoms with van der Waals surface area (Å²) in [6.07, 6.45) is 4.26. The molecular formula is C27H28N6O2. The topological polar surface area (TPSA) is 91.2 Å². The molecule has 8 heteroatoms. The zero-order valence-electron chi connectivity index (χ0n) is 19.8. The largest absolute Gasteiger partial charge is 0.487 e. The molecule has 35 heavy (non-hydrogen) atoms. The third kappa shape index (κ3) is 3.82. The molecule has 0 aliphatic carbocycles. The molecule has 178 valence electrons. The van der Waals surface area contributed by atoms with Crippen LogP contribution in [0.15, 0.2) is 47.4 Å². The minimum absolute atomic E-state index is 0.0984. The van der Waals surface area contributed by atoms with E-state index < -0.39 is 0 Å². The van der Waals surface area contributed by atoms with Gasteiger partial charge in [-0.1, -0.05) is 42.3 Å². The molecule has 4 heterocycles. The molecule has 2 N–H and O–H groups in total. The summed E-state index contributed by atoms with van der Waals surface area (Å²) in [7, 11) is 0. The van der Waals surface area contributed by atoms with Gasteiger partial charge in [0.05, 0.1) is 19.3 Å². The number of ether oxygens (including phenoxy) is 1. The molecule has 1 fully saturated rings. The van der Waals surface area contributed by atoms with Gasteiger partial charge in [0.15, 0.2) is 0 Å². The van der Waals surface area contributed by atoms with Gasteiger partial charge in [0.25, 0.3) is 5.56 Å². The van der Waals surface area contributed by atoms with Gasteiger partial charge in [-0.15, -0.1) is 5.92 Å². The average Bonchev–Trinajstić information content (AvgIpc) is 3.46. The molecule has 2 atom stereocenters. The molecule has 1 saturated heterocycles. The Morgan fingerprint density at radius 3 is 2.97 bits per heavy atom. The Kier molecular flexibility index (Phi) is 5.42. The van der Waals surface area contributed by atoms with Crippen molar-refractivity contribution in [2.45, 2.75) is 51.4 Å². The minimum atomic E-state index is -0.176. The molecule has 0 radical (unpaired) electrons. The van der Waals surface area contributed by atoms with Crippen LogP contribution in [-0.2, 0) is 19.5 Å². The number of aromatic nitrogens is 4. The summed E-state index contributed by atoms with van der Waals surface area (Å²) < 4.78 is 9.76. The highest BCUT2D eigenvalue weighted by Gasteiger charge is 2.28. The van der Waals surface area contributed by atoms with Crippen LogP contribution in [0, 0.1) is 11.8 Å². The van der Waals surface area contributed by atoms with Crippen LogP contribution in [0.4, 0.5) is 5.95 Å². The fraction of sp³-hybridized carbons (Fsp3) is 0.370. The second-order valence-corrected chi connectivity index (χ2v) is 9.36. The lowest BCUT2D eigenvalue weighted by Gasteiger charge is -2.31. The van der Waals surface area contributed by atoms with Gasteiger partial charge in [0, 0.05) is 30.9 Å². The number of nitrogens with zero attached hydrogens (tertiary/aromatic N) is 5. The predicted octanol–water partition coefficient (Wildman–Crippen LogP) is 2.70. The van der Waals surface area contributed by atoms with E-state index in [1.165, 1.54) is 4.68 Å². The van der Waals surface area contributed by atoms with E-state index in [1.54, 1.807) is 13.1 Å². The molecule has 2 aromatic heterocycles. The Morgan fingerprint density at radius 2 is 2.11 bits per heavy atom. The minimum Gasteiger partial charge on any atom is -0.487 e. The number of benzene rings is 2. The van der Waals surface area contributed by atoms with E-state index in [2.05, 4.69) is 46.1 Å². The summed E-state index contributed by atoms with van der Waals surface area (Å²) in [5.74, 6) is 7.70. The van der Waals surface area contributed by atoms with E-state index in [-0.39, 0.29) is 17.7 Å². The predicted molar refractivity (Wildman–Crippen MR) is 137 cm³/mol. The van der Waals surface area contributed by atoms with E-state index in [1.807, 2.05) is 16.7 Å². The number of rotatable bonds is 4. The number of hydrogen-bond acceptors (Lipinski definition) is 6. The third-order valence-corrected chi connectivity index (χ3v) is 6.96. The standard InChI is InChI=1S/C27H28N6O2/c1-2-3-13-32-24-23(30-27(32)31-12-6-8-20(28)16-31)15-29-33(26(24)34)17-21-14-19-11-10-18-7-4-5-9-22(18)25(19)35-21/h4-5,7,9-11,15,20-21H,6,8,12-14,16-17,28H2,1H3. The van der Waals surface area contributed by atoms with Crippen LogP contribution in [0.2, 0.25) is 0 Å². The van der Waals surface area contributed by atoms with Crippen molar-refractivity contribution in [1.82, 2.24) is 19.3 Å². The van der Waals surface area contributed by atoms with Crippen molar-refractivity contribution in [3.05, 3.63) is 58.5 Å². The second kappa shape index (κ2) is 8.75. The third-order valence-electron chi connectivity index (χ3n) is 6.96. The van der Waals surface area contributed by atoms with Crippen molar-refractivity contribution in [3.63, 3.8) is 0 Å². The van der Waals surface area contributed by atoms with E-state index in [0.29, 0.717) is 30.7 Å². The lowest BCUT2D eigenvalue weighted by Crippen LogP contribution is -2.44. The number of nitrogens with two attached hydrogens (primary N) is 1. The fourth-order valence-electron chi connectivity index (χ4n) is 5.28. The summed E-state index contributed by atoms with van der Waals surface area (Å²) in [6, 6.07) is 12.5. The van der Waals surface area contributed by atoms with Crippen LogP contribution in [0.5, 0.6) is 5.75 Å². The summed E-state index contributed by atoms with van der Waals surface area (Å²) in [6.45, 7) is 4.14. The molecule has 0 spiro atoms. The van der Waals surface area contributed by atoms with Crippen LogP contribution >= 0.6 is 0 Å². The summed E-state index contributed by atoms with van der Waals surface area (Å²) in [5, 5.41) is 6.71. The van der Waals surface area contributed by atoms with Crippen LogP contribution in [0.3, 0.4) is 0 Å². The first kappa shape index (κ1) is 21.7. The SMILES string of the molecule is CC#CCn1c(N2CCCC(N)C2)nc2cnn(CC3Cc4ccc5ccccc5c4O3)c(=O)c21. The summed E-state index contributed by atoms with van der Waals surface area (Å²) in [5.41, 5.74) is 8.32. The number of hydrogen-bond donors (Lipinski definition) is 1. The molecule has 0 saturated carbocycles. The first-order valence-electron chi connectivity index (χ1n) is 12.2. The van der Waals surface area contributed by atoms with Gasteiger partial charge in [0.1, 0.15) is 22.9 Å². The van der Waals surface area contributed by atoms with Gasteiger partial charge in [-0.25, -0.2) is 9.67 Å². The maximum atomic E-state index is 13.6. The van der Waals surface area contributed by atoms with Crippen LogP contribution in [0.1, 0.15) is 25.3 Å². The van der Waals surface area contributed by atoms with Gasteiger partial charge < -0.3 is 15.4 Å². The smallest absolute Gasteiger partial charge is 0.293 e. The van der Waals surface area contributed by atoms with Crippen molar-refractivity contribution in [2.24, 2.45) is 5.73 Å². The molecule has 0 amide bonds. The maximum absolute atomic E-state index is 13.6. The van der Waals surface area contributed by atoms with Gasteiger partial charge in [-0.05, 0) is 30.7 Å². The quantitative estimate of drug-likeness (QED) is 0.463. The Morgan fingerprint density at radius 1 is 1.23 bits per heavy atom. The van der Waals surface area contributed by atoms with E-state index >= 15 is 0 Å². The fourth-order valence-corrected chi connectivity index (χ4v) is 5.28. The number of anilines is 1. The van der Waals surface area contributed by atoms with E-state index in [9.17, 15) is 4.79 Å². The van der Waals surface area contributed by atoms with Gasteiger partial charge >= 0.3 is 0 Å². The highest BCUT2D eigenvalue weighted by Crippen LogP contribution is 2.36. The Hall–Kier alpha value is -3.83. The van der Waals surface area contributed by atoms with Crippen LogP contribution in [0.25, 0.3) is 21.8 Å². The van der Waals surface area contributed by atoms with Crippen LogP contribution < -0.4 is 20.9 Å². The van der Waals surface area contributed by atoms with Crippen molar-refractivity contribution in [2.75, 3.05) is 18.0 Å². The van der Waals surface area contributed by atoms with Crippen molar-refractivity contribution < 1.29 is 4.74 Å². The highest BCUT2D eigenvalue weighted by atomic mass is 16.5. The number of imidazole rings is 1. The number of piperidine rings is 1. The summed E-state index contributed by atoms with van der Waals surface area (Å²) in [4.78, 5) is 20.6. The normalized spacial score (nSPS) is 19.4. The first-order chi connectivity index (χ1) is 17.1. The summed E-state index contributed by atoms with van der Waals surface area (Å²) >= 11 is 0. The van der Waals surface area contributed by atoms with E-state index in [0.717, 1.165) is 53.8 Å². The highest BCUT2D eigenvalue weighted by molar-refractivity contribution is 5.90. The molecule has 2 aromatic carbocycles. The molecule has 6 rings (SSSR count). The molecule has 2 aliphatic heterocycles. The second-order valence-electron chi connectivity index (χ2n) is 9.36. The van der Waals surface area contributed by atoms with Crippen molar-refractivity contribution in [3.8, 4) is 17.6 Å². The lowest BCUT2D eigenvalue weighted by molar-refractivity contribution is 0.203. The van der Waals surface area contributed by atoms with Crippen molar-refractivity contribution in [1.29, 1.82) is 0 Å². The molecule has 8 nitrogen and oxygen atoms in total. The van der Waals surface area contributed by atoms with Crippen LogP contribution in [-0.4, -0.2) is 44.6 Å². The lowest BCUT2D eigenvalue weighted by atomic mass is 10.0. The van der Waals surface area contributed by atoms with Gasteiger partial charge in [0.2, 0.25) is 5.95 Å². The molecule has 2 unspecified atom stereocenters. The molecule has 2 aliphatic rings.